The molecule has 1 N–H and O–H groups in total. The van der Waals surface area contributed by atoms with Crippen LogP contribution in [0.25, 0.3) is 0 Å². The van der Waals surface area contributed by atoms with Gasteiger partial charge in [0, 0.05) is 19.3 Å². The number of aliphatic carboxylic acids is 1. The molecule has 0 aliphatic carbocycles. The Bertz CT molecular complexity index is 1210. The molecular weight excluding hydrogens is 751 g/mol. The average molecular weight is 841 g/mol. The zero-order valence-electron chi connectivity index (χ0n) is 39.1. The third-order valence-electron chi connectivity index (χ3n) is 10.3. The topological polar surface area (TPSA) is 99.1 Å². The van der Waals surface area contributed by atoms with Crippen molar-refractivity contribution in [3.05, 3.63) is 72.9 Å². The Kier molecular flexibility index (Phi) is 40.2. The van der Waals surface area contributed by atoms with Crippen molar-refractivity contribution in [2.45, 2.75) is 199 Å². The number of likely N-dealkylation sites (N-methyl/N-ethyl adjacent to an activating group) is 1. The summed E-state index contributed by atoms with van der Waals surface area (Å²) in [7, 11) is 5.52. The summed E-state index contributed by atoms with van der Waals surface area (Å²) in [6.07, 6.45) is 53.7. The minimum absolute atomic E-state index is 0.0492. The maximum atomic E-state index is 12.8. The first-order valence-corrected chi connectivity index (χ1v) is 24.0. The van der Waals surface area contributed by atoms with Gasteiger partial charge in [0.15, 0.2) is 12.1 Å². The summed E-state index contributed by atoms with van der Waals surface area (Å²) in [5, 5.41) is 9.64. The molecule has 0 aromatic rings. The van der Waals surface area contributed by atoms with Gasteiger partial charge in [0.1, 0.15) is 6.61 Å². The molecular formula is C52H90NO7+. The number of ether oxygens (including phenoxy) is 3. The maximum Gasteiger partial charge on any atom is 0.362 e. The smallest absolute Gasteiger partial charge is 0.362 e. The molecule has 0 spiro atoms. The van der Waals surface area contributed by atoms with Crippen LogP contribution in [0.3, 0.4) is 0 Å². The highest BCUT2D eigenvalue weighted by Crippen LogP contribution is 2.14. The molecule has 2 atom stereocenters. The predicted octanol–water partition coefficient (Wildman–Crippen LogP) is 13.5. The first-order valence-electron chi connectivity index (χ1n) is 24.0. The predicted molar refractivity (Wildman–Crippen MR) is 252 cm³/mol. The van der Waals surface area contributed by atoms with E-state index in [9.17, 15) is 19.5 Å². The number of rotatable bonds is 42. The van der Waals surface area contributed by atoms with Crippen LogP contribution in [-0.4, -0.2) is 80.6 Å². The van der Waals surface area contributed by atoms with E-state index in [2.05, 4.69) is 86.8 Å². The zero-order valence-corrected chi connectivity index (χ0v) is 39.1. The lowest BCUT2D eigenvalue weighted by Gasteiger charge is -2.31. The van der Waals surface area contributed by atoms with Crippen molar-refractivity contribution >= 4 is 17.9 Å². The summed E-state index contributed by atoms with van der Waals surface area (Å²) in [6.45, 7) is 4.57. The van der Waals surface area contributed by atoms with Crippen LogP contribution in [0.5, 0.6) is 0 Å². The minimum Gasteiger partial charge on any atom is -0.477 e. The molecule has 8 heteroatoms. The van der Waals surface area contributed by atoms with E-state index in [-0.39, 0.29) is 36.2 Å². The fraction of sp³-hybridized carbons (Fsp3) is 0.712. The molecule has 0 saturated carbocycles. The van der Waals surface area contributed by atoms with E-state index in [1.165, 1.54) is 64.2 Å². The van der Waals surface area contributed by atoms with Gasteiger partial charge < -0.3 is 23.8 Å². The van der Waals surface area contributed by atoms with Crippen molar-refractivity contribution in [3.8, 4) is 0 Å². The largest absolute Gasteiger partial charge is 0.477 e. The molecule has 0 amide bonds. The first-order chi connectivity index (χ1) is 29.1. The summed E-state index contributed by atoms with van der Waals surface area (Å²) < 4.78 is 17.3. The van der Waals surface area contributed by atoms with Crippen LogP contribution >= 0.6 is 0 Å². The van der Waals surface area contributed by atoms with Crippen LogP contribution in [0, 0.1) is 0 Å². The Labute approximate surface area is 368 Å². The van der Waals surface area contributed by atoms with E-state index >= 15 is 0 Å². The average Bonchev–Trinajstić information content (AvgIpc) is 3.21. The van der Waals surface area contributed by atoms with E-state index in [0.717, 1.165) is 89.9 Å². The number of carbonyl (C=O) groups excluding carboxylic acids is 2. The van der Waals surface area contributed by atoms with E-state index < -0.39 is 18.1 Å². The first kappa shape index (κ1) is 56.8. The highest BCUT2D eigenvalue weighted by atomic mass is 16.6. The molecule has 60 heavy (non-hydrogen) atoms. The number of allylic oxidation sites excluding steroid dienone is 12. The lowest BCUT2D eigenvalue weighted by atomic mass is 10.1. The molecule has 0 fully saturated rings. The van der Waals surface area contributed by atoms with Crippen LogP contribution in [-0.2, 0) is 28.6 Å². The SMILES string of the molecule is CC/C=C\C/C=C\C/C=C\CCCCCCCCCC(=O)OCC(COCCC(C(=O)O)[N+](C)(C)C)OC(=O)CCCCCCCC/C=C\C/C=C\C/C=C\CCCCC. The Balaban J connectivity index is 4.35. The van der Waals surface area contributed by atoms with Crippen molar-refractivity contribution in [3.63, 3.8) is 0 Å². The van der Waals surface area contributed by atoms with E-state index in [1.54, 1.807) is 0 Å². The summed E-state index contributed by atoms with van der Waals surface area (Å²) in [4.78, 5) is 37.1. The van der Waals surface area contributed by atoms with Gasteiger partial charge >= 0.3 is 17.9 Å². The van der Waals surface area contributed by atoms with Crippen molar-refractivity contribution in [1.82, 2.24) is 0 Å². The lowest BCUT2D eigenvalue weighted by Crippen LogP contribution is -2.50. The Morgan fingerprint density at radius 1 is 0.517 bits per heavy atom. The van der Waals surface area contributed by atoms with Crippen LogP contribution in [0.1, 0.15) is 187 Å². The van der Waals surface area contributed by atoms with Gasteiger partial charge in [0.2, 0.25) is 0 Å². The van der Waals surface area contributed by atoms with Crippen LogP contribution in [0.2, 0.25) is 0 Å². The highest BCUT2D eigenvalue weighted by Gasteiger charge is 2.31. The van der Waals surface area contributed by atoms with Gasteiger partial charge in [-0.2, -0.15) is 0 Å². The Hall–Kier alpha value is -3.23. The molecule has 0 bridgehead atoms. The number of carbonyl (C=O) groups is 3. The number of unbranched alkanes of at least 4 members (excludes halogenated alkanes) is 16. The van der Waals surface area contributed by atoms with E-state index in [0.29, 0.717) is 19.3 Å². The van der Waals surface area contributed by atoms with Gasteiger partial charge in [-0.15, -0.1) is 0 Å². The van der Waals surface area contributed by atoms with Crippen LogP contribution in [0.4, 0.5) is 0 Å². The highest BCUT2D eigenvalue weighted by molar-refractivity contribution is 5.72. The fourth-order valence-corrected chi connectivity index (χ4v) is 6.64. The van der Waals surface area contributed by atoms with Crippen molar-refractivity contribution in [1.29, 1.82) is 0 Å². The standard InChI is InChI=1S/C52H89NO7/c1-6-8-10-12-14-16-18-20-22-24-25-27-29-31-33-35-37-39-41-43-51(55)60-48(46-58-45-44-49(52(56)57)53(3,4)5)47-59-50(54)42-40-38-36-34-32-30-28-26-23-21-19-17-15-13-11-9-7-2/h9,11,14-17,20-23,25,27,48-49H,6-8,10,12-13,18-19,24,26,28-47H2,1-5H3/p+1/b11-9-,16-14-,17-15-,22-20-,23-21-,27-25-. The summed E-state index contributed by atoms with van der Waals surface area (Å²) in [5.74, 6) is -1.50. The fourth-order valence-electron chi connectivity index (χ4n) is 6.64. The molecule has 0 saturated heterocycles. The summed E-state index contributed by atoms with van der Waals surface area (Å²) >= 11 is 0. The number of carboxylic acid groups (broad SMARTS) is 1. The van der Waals surface area contributed by atoms with Gasteiger partial charge in [0.05, 0.1) is 34.4 Å². The number of esters is 2. The Morgan fingerprint density at radius 3 is 1.38 bits per heavy atom. The summed E-state index contributed by atoms with van der Waals surface area (Å²) in [6, 6.07) is -0.622. The minimum atomic E-state index is -0.881. The second kappa shape index (κ2) is 42.5. The molecule has 0 aliphatic rings. The number of nitrogens with zero attached hydrogens (tertiary/aromatic N) is 1. The third kappa shape index (κ3) is 40.2. The molecule has 0 rings (SSSR count). The van der Waals surface area contributed by atoms with E-state index in [1.807, 2.05) is 21.1 Å². The third-order valence-corrected chi connectivity index (χ3v) is 10.3. The quantitative estimate of drug-likeness (QED) is 0.0283. The molecule has 0 radical (unpaired) electrons. The molecule has 0 heterocycles. The second-order valence-electron chi connectivity index (χ2n) is 17.0. The maximum absolute atomic E-state index is 12.8. The number of hydrogen-bond acceptors (Lipinski definition) is 6. The molecule has 8 nitrogen and oxygen atoms in total. The van der Waals surface area contributed by atoms with Gasteiger partial charge in [-0.05, 0) is 83.5 Å². The van der Waals surface area contributed by atoms with Gasteiger partial charge in [0.25, 0.3) is 0 Å². The number of hydrogen-bond donors (Lipinski definition) is 1. The molecule has 344 valence electrons. The monoisotopic (exact) mass is 841 g/mol. The molecule has 0 aromatic heterocycles. The van der Waals surface area contributed by atoms with Crippen molar-refractivity contribution < 1.29 is 38.2 Å². The molecule has 0 aromatic carbocycles. The second-order valence-corrected chi connectivity index (χ2v) is 17.0. The number of quaternary nitrogens is 1. The van der Waals surface area contributed by atoms with Gasteiger partial charge in [-0.1, -0.05) is 157 Å². The van der Waals surface area contributed by atoms with Crippen molar-refractivity contribution in [2.75, 3.05) is 41.0 Å². The van der Waals surface area contributed by atoms with Crippen LogP contribution < -0.4 is 0 Å². The van der Waals surface area contributed by atoms with Crippen LogP contribution in [0.15, 0.2) is 72.9 Å². The van der Waals surface area contributed by atoms with Gasteiger partial charge in [-0.25, -0.2) is 4.79 Å². The summed E-state index contributed by atoms with van der Waals surface area (Å²) in [5.41, 5.74) is 0. The Morgan fingerprint density at radius 2 is 0.933 bits per heavy atom. The normalized spacial score (nSPS) is 13.6. The molecule has 2 unspecified atom stereocenters. The van der Waals surface area contributed by atoms with Crippen molar-refractivity contribution in [2.24, 2.45) is 0 Å². The molecule has 0 aliphatic heterocycles. The lowest BCUT2D eigenvalue weighted by molar-refractivity contribution is -0.887. The van der Waals surface area contributed by atoms with Gasteiger partial charge in [-0.3, -0.25) is 9.59 Å². The van der Waals surface area contributed by atoms with E-state index in [4.69, 9.17) is 14.2 Å². The number of carboxylic acids is 1. The zero-order chi connectivity index (χ0) is 44.2.